The van der Waals surface area contributed by atoms with Crippen molar-refractivity contribution < 1.29 is 4.79 Å². The minimum atomic E-state index is -0.00292. The lowest BCUT2D eigenvalue weighted by molar-refractivity contribution is -0.111. The minimum Gasteiger partial charge on any atom is -0.387 e. The van der Waals surface area contributed by atoms with E-state index in [-0.39, 0.29) is 5.78 Å². The van der Waals surface area contributed by atoms with Gasteiger partial charge in [0.15, 0.2) is 5.78 Å². The van der Waals surface area contributed by atoms with Crippen molar-refractivity contribution in [1.29, 1.82) is 0 Å². The molecule has 0 aromatic rings. The highest BCUT2D eigenvalue weighted by Gasteiger charge is 2.04. The molecule has 1 rings (SSSR count). The molecule has 0 aromatic heterocycles. The summed E-state index contributed by atoms with van der Waals surface area (Å²) in [5.74, 6) is -0.00292. The molecule has 2 nitrogen and oxygen atoms in total. The molecular weight excluding hydrogens is 126 g/mol. The molecule has 0 saturated carbocycles. The Morgan fingerprint density at radius 3 is 3.10 bits per heavy atom. The van der Waals surface area contributed by atoms with Crippen molar-refractivity contribution in [3.8, 4) is 0 Å². The second-order valence-electron chi connectivity index (χ2n) is 2.00. The van der Waals surface area contributed by atoms with Crippen LogP contribution in [0.25, 0.3) is 0 Å². The molecule has 0 amide bonds. The average Bonchev–Trinajstić information content (AvgIpc) is 2.05. The van der Waals surface area contributed by atoms with E-state index in [4.69, 9.17) is 0 Å². The summed E-state index contributed by atoms with van der Waals surface area (Å²) in [5.41, 5.74) is 0.762. The van der Waals surface area contributed by atoms with Crippen LogP contribution < -0.4 is 5.32 Å². The lowest BCUT2D eigenvalue weighted by Gasteiger charge is -2.06. The van der Waals surface area contributed by atoms with E-state index < -0.39 is 0 Å². The molecule has 1 aliphatic rings. The van der Waals surface area contributed by atoms with E-state index in [0.29, 0.717) is 6.54 Å². The maximum atomic E-state index is 10.9. The van der Waals surface area contributed by atoms with Gasteiger partial charge in [-0.25, -0.2) is 0 Å². The minimum absolute atomic E-state index is 0.00292. The van der Waals surface area contributed by atoms with Crippen LogP contribution in [-0.4, -0.2) is 12.3 Å². The zero-order chi connectivity index (χ0) is 7.40. The van der Waals surface area contributed by atoms with Gasteiger partial charge in [0.2, 0.25) is 0 Å². The van der Waals surface area contributed by atoms with Crippen molar-refractivity contribution in [3.63, 3.8) is 0 Å². The first-order valence-corrected chi connectivity index (χ1v) is 3.10. The predicted octanol–water partition coefficient (Wildman–Crippen LogP) is 0.785. The molecular formula is C8H9NO. The number of hydrogen-bond acceptors (Lipinski definition) is 2. The van der Waals surface area contributed by atoms with Gasteiger partial charge in [-0.15, -0.1) is 0 Å². The van der Waals surface area contributed by atoms with Gasteiger partial charge in [-0.05, 0) is 18.4 Å². The molecule has 10 heavy (non-hydrogen) atoms. The highest BCUT2D eigenvalue weighted by atomic mass is 16.1. The largest absolute Gasteiger partial charge is 0.387 e. The van der Waals surface area contributed by atoms with Gasteiger partial charge in [-0.3, -0.25) is 4.79 Å². The van der Waals surface area contributed by atoms with Crippen LogP contribution in [0.1, 0.15) is 0 Å². The third-order valence-corrected chi connectivity index (χ3v) is 1.31. The van der Waals surface area contributed by atoms with Crippen LogP contribution in [0.4, 0.5) is 0 Å². The van der Waals surface area contributed by atoms with Crippen LogP contribution in [0.15, 0.2) is 36.6 Å². The van der Waals surface area contributed by atoms with Crippen LogP contribution >= 0.6 is 0 Å². The summed E-state index contributed by atoms with van der Waals surface area (Å²) in [4.78, 5) is 10.9. The van der Waals surface area contributed by atoms with Gasteiger partial charge in [-0.1, -0.05) is 12.7 Å². The van der Waals surface area contributed by atoms with Gasteiger partial charge in [0.25, 0.3) is 0 Å². The summed E-state index contributed by atoms with van der Waals surface area (Å²) in [6.07, 6.45) is 6.73. The number of ketones is 1. The van der Waals surface area contributed by atoms with Gasteiger partial charge in [0, 0.05) is 12.1 Å². The second kappa shape index (κ2) is 3.01. The molecule has 1 N–H and O–H groups in total. The Balaban J connectivity index is 2.71. The first-order chi connectivity index (χ1) is 4.84. The third kappa shape index (κ3) is 1.35. The highest BCUT2D eigenvalue weighted by molar-refractivity contribution is 6.04. The zero-order valence-corrected chi connectivity index (χ0v) is 5.63. The summed E-state index contributed by atoms with van der Waals surface area (Å²) in [7, 11) is 0. The molecule has 0 unspecified atom stereocenters. The first-order valence-electron chi connectivity index (χ1n) is 3.10. The monoisotopic (exact) mass is 135 g/mol. The molecule has 1 heterocycles. The van der Waals surface area contributed by atoms with Crippen molar-refractivity contribution in [2.75, 3.05) is 6.54 Å². The Morgan fingerprint density at radius 2 is 2.60 bits per heavy atom. The van der Waals surface area contributed by atoms with Gasteiger partial charge < -0.3 is 5.32 Å². The van der Waals surface area contributed by atoms with E-state index in [1.54, 1.807) is 18.4 Å². The lowest BCUT2D eigenvalue weighted by Crippen LogP contribution is -2.17. The number of rotatable bonds is 2. The van der Waals surface area contributed by atoms with E-state index in [1.165, 1.54) is 6.08 Å². The molecule has 1 aliphatic heterocycles. The molecule has 0 radical (unpaired) electrons. The smallest absolute Gasteiger partial charge is 0.183 e. The first kappa shape index (κ1) is 6.81. The average molecular weight is 135 g/mol. The number of allylic oxidation sites excluding steroid dienone is 3. The van der Waals surface area contributed by atoms with Crippen molar-refractivity contribution in [1.82, 2.24) is 5.32 Å². The fourth-order valence-corrected chi connectivity index (χ4v) is 0.760. The zero-order valence-electron chi connectivity index (χ0n) is 5.63. The summed E-state index contributed by atoms with van der Waals surface area (Å²) >= 11 is 0. The number of nitrogens with one attached hydrogen (secondary N) is 1. The number of carbonyl (C=O) groups is 1. The Bertz CT molecular complexity index is 213. The number of carbonyl (C=O) groups excluding carboxylic acids is 1. The van der Waals surface area contributed by atoms with Crippen LogP contribution in [0.3, 0.4) is 0 Å². The molecule has 0 fully saturated rings. The molecule has 0 bridgehead atoms. The van der Waals surface area contributed by atoms with E-state index in [2.05, 4.69) is 11.9 Å². The quantitative estimate of drug-likeness (QED) is 0.567. The number of hydrogen-bond donors (Lipinski definition) is 1. The summed E-state index contributed by atoms with van der Waals surface area (Å²) < 4.78 is 0. The molecule has 0 atom stereocenters. The van der Waals surface area contributed by atoms with Gasteiger partial charge in [-0.2, -0.15) is 0 Å². The van der Waals surface area contributed by atoms with E-state index in [1.807, 2.05) is 0 Å². The van der Waals surface area contributed by atoms with Gasteiger partial charge in [0.05, 0.1) is 0 Å². The Kier molecular flexibility index (Phi) is 2.05. The molecule has 0 aliphatic carbocycles. The summed E-state index contributed by atoms with van der Waals surface area (Å²) in [6, 6.07) is 0. The van der Waals surface area contributed by atoms with Crippen LogP contribution in [0.2, 0.25) is 0 Å². The lowest BCUT2D eigenvalue weighted by atomic mass is 10.1. The highest BCUT2D eigenvalue weighted by Crippen LogP contribution is 1.99. The fraction of sp³-hybridized carbons (Fsp3) is 0.125. The molecule has 0 aromatic carbocycles. The summed E-state index contributed by atoms with van der Waals surface area (Å²) in [6.45, 7) is 4.01. The maximum Gasteiger partial charge on any atom is 0.183 e. The van der Waals surface area contributed by atoms with Crippen LogP contribution in [-0.2, 0) is 4.79 Å². The van der Waals surface area contributed by atoms with E-state index in [9.17, 15) is 4.79 Å². The Hall–Kier alpha value is -1.31. The fourth-order valence-electron chi connectivity index (χ4n) is 0.760. The van der Waals surface area contributed by atoms with E-state index in [0.717, 1.165) is 5.57 Å². The van der Waals surface area contributed by atoms with Crippen molar-refractivity contribution >= 4 is 5.78 Å². The van der Waals surface area contributed by atoms with Gasteiger partial charge >= 0.3 is 0 Å². The summed E-state index contributed by atoms with van der Waals surface area (Å²) in [5, 5.41) is 2.93. The Morgan fingerprint density at radius 1 is 1.80 bits per heavy atom. The van der Waals surface area contributed by atoms with Crippen molar-refractivity contribution in [2.24, 2.45) is 0 Å². The standard InChI is InChI=1S/C8H9NO/c1-2-8(10)7-4-3-5-9-6-7/h2-5,9H,1,6H2. The van der Waals surface area contributed by atoms with Crippen LogP contribution in [0.5, 0.6) is 0 Å². The second-order valence-corrected chi connectivity index (χ2v) is 2.00. The topological polar surface area (TPSA) is 29.1 Å². The number of dihydropyridines is 1. The third-order valence-electron chi connectivity index (χ3n) is 1.31. The van der Waals surface area contributed by atoms with E-state index >= 15 is 0 Å². The molecule has 0 spiro atoms. The molecule has 0 saturated heterocycles. The van der Waals surface area contributed by atoms with Crippen molar-refractivity contribution in [3.05, 3.63) is 36.6 Å². The van der Waals surface area contributed by atoms with Crippen molar-refractivity contribution in [2.45, 2.75) is 0 Å². The Labute approximate surface area is 59.9 Å². The molecule has 2 heteroatoms. The van der Waals surface area contributed by atoms with Crippen LogP contribution in [0, 0.1) is 0 Å². The predicted molar refractivity (Wildman–Crippen MR) is 40.4 cm³/mol. The normalized spacial score (nSPS) is 15.4. The maximum absolute atomic E-state index is 10.9. The molecule has 52 valence electrons. The van der Waals surface area contributed by atoms with Gasteiger partial charge in [0.1, 0.15) is 0 Å². The SMILES string of the molecule is C=CC(=O)C1=CC=CNC1.